The van der Waals surface area contributed by atoms with E-state index in [4.69, 9.17) is 4.74 Å². The zero-order valence-corrected chi connectivity index (χ0v) is 13.3. The van der Waals surface area contributed by atoms with Gasteiger partial charge in [0.15, 0.2) is 0 Å². The minimum Gasteiger partial charge on any atom is -0.508 e. The predicted molar refractivity (Wildman–Crippen MR) is 89.6 cm³/mol. The molecule has 0 fully saturated rings. The molecule has 2 N–H and O–H groups in total. The minimum atomic E-state index is -0.614. The van der Waals surface area contributed by atoms with Gasteiger partial charge in [0.1, 0.15) is 17.6 Å². The van der Waals surface area contributed by atoms with Crippen LogP contribution in [0.5, 0.6) is 5.75 Å². The molecular weight excluding hydrogens is 312 g/mol. The summed E-state index contributed by atoms with van der Waals surface area (Å²) in [6, 6.07) is 9.98. The van der Waals surface area contributed by atoms with E-state index in [1.54, 1.807) is 24.3 Å². The number of benzene rings is 1. The summed E-state index contributed by atoms with van der Waals surface area (Å²) in [5.74, 6) is 0.477. The number of aliphatic hydroxyl groups excluding tert-OH is 1. The number of thiophene rings is 1. The third-order valence-electron chi connectivity index (χ3n) is 3.65. The molecule has 0 saturated carbocycles. The van der Waals surface area contributed by atoms with Crippen LogP contribution in [-0.2, 0) is 4.74 Å². The van der Waals surface area contributed by atoms with E-state index < -0.39 is 6.10 Å². The molecule has 0 radical (unpaired) electrons. The van der Waals surface area contributed by atoms with Crippen LogP contribution in [0.15, 0.2) is 54.3 Å². The van der Waals surface area contributed by atoms with Gasteiger partial charge in [-0.2, -0.15) is 0 Å². The van der Waals surface area contributed by atoms with E-state index >= 15 is 0 Å². The van der Waals surface area contributed by atoms with Crippen LogP contribution in [0, 0.1) is 0 Å². The number of allylic oxidation sites excluding steroid dienone is 2. The largest absolute Gasteiger partial charge is 0.508 e. The molecule has 1 aliphatic carbocycles. The van der Waals surface area contributed by atoms with Gasteiger partial charge in [-0.15, -0.1) is 11.3 Å². The molecule has 1 aromatic carbocycles. The van der Waals surface area contributed by atoms with Crippen LogP contribution in [0.25, 0.3) is 5.57 Å². The molecule has 0 amide bonds. The van der Waals surface area contributed by atoms with E-state index in [1.807, 2.05) is 12.1 Å². The van der Waals surface area contributed by atoms with Crippen LogP contribution in [-0.4, -0.2) is 29.2 Å². The van der Waals surface area contributed by atoms with Crippen LogP contribution < -0.4 is 0 Å². The first-order chi connectivity index (χ1) is 11.1. The highest BCUT2D eigenvalue weighted by Crippen LogP contribution is 2.31. The van der Waals surface area contributed by atoms with Gasteiger partial charge >= 0.3 is 0 Å². The van der Waals surface area contributed by atoms with Gasteiger partial charge in [0.05, 0.1) is 12.0 Å². The van der Waals surface area contributed by atoms with Crippen molar-refractivity contribution in [1.82, 2.24) is 0 Å². The maximum Gasteiger partial charge on any atom is 0.203 e. The molecule has 118 valence electrons. The SMILES string of the molecule is COC1=CC(c2ccc(C(=O)c3cccc(O)c3)s2)=CCC1O. The predicted octanol–water partition coefficient (Wildman–Crippen LogP) is 3.36. The maximum atomic E-state index is 12.5. The Kier molecular flexibility index (Phi) is 4.32. The van der Waals surface area contributed by atoms with Crippen molar-refractivity contribution in [3.8, 4) is 5.75 Å². The Hall–Kier alpha value is -2.37. The molecule has 1 heterocycles. The number of carbonyl (C=O) groups is 1. The summed E-state index contributed by atoms with van der Waals surface area (Å²) in [4.78, 5) is 14.0. The number of phenols is 1. The molecular formula is C18H16O4S. The number of ketones is 1. The highest BCUT2D eigenvalue weighted by atomic mass is 32.1. The molecule has 1 unspecified atom stereocenters. The Bertz CT molecular complexity index is 801. The standard InChI is InChI=1S/C18H16O4S/c1-22-15-10-11(5-6-14(15)20)16-7-8-17(23-16)18(21)12-3-2-4-13(19)9-12/h2-5,7-10,14,19-20H,6H2,1H3. The van der Waals surface area contributed by atoms with Crippen LogP contribution in [0.2, 0.25) is 0 Å². The van der Waals surface area contributed by atoms with Crippen molar-refractivity contribution in [3.63, 3.8) is 0 Å². The van der Waals surface area contributed by atoms with Crippen LogP contribution in [0.3, 0.4) is 0 Å². The third-order valence-corrected chi connectivity index (χ3v) is 4.78. The lowest BCUT2D eigenvalue weighted by Gasteiger charge is -2.17. The highest BCUT2D eigenvalue weighted by Gasteiger charge is 2.19. The Morgan fingerprint density at radius 2 is 2.13 bits per heavy atom. The fraction of sp³-hybridized carbons (Fsp3) is 0.167. The Balaban J connectivity index is 1.87. The van der Waals surface area contributed by atoms with E-state index in [1.165, 1.54) is 30.6 Å². The minimum absolute atomic E-state index is 0.0734. The number of aliphatic hydroxyl groups is 1. The number of aromatic hydroxyl groups is 1. The van der Waals surface area contributed by atoms with Crippen molar-refractivity contribution in [2.45, 2.75) is 12.5 Å². The molecule has 23 heavy (non-hydrogen) atoms. The van der Waals surface area contributed by atoms with E-state index in [2.05, 4.69) is 0 Å². The van der Waals surface area contributed by atoms with Gasteiger partial charge in [-0.25, -0.2) is 0 Å². The van der Waals surface area contributed by atoms with Crippen LogP contribution in [0.1, 0.15) is 26.5 Å². The van der Waals surface area contributed by atoms with Crippen molar-refractivity contribution < 1.29 is 19.7 Å². The van der Waals surface area contributed by atoms with E-state index in [-0.39, 0.29) is 11.5 Å². The van der Waals surface area contributed by atoms with E-state index in [0.29, 0.717) is 22.6 Å². The van der Waals surface area contributed by atoms with Crippen molar-refractivity contribution in [2.24, 2.45) is 0 Å². The lowest BCUT2D eigenvalue weighted by Crippen LogP contribution is -2.13. The molecule has 1 atom stereocenters. The number of hydrogen-bond donors (Lipinski definition) is 2. The van der Waals surface area contributed by atoms with Gasteiger partial charge in [0, 0.05) is 10.4 Å². The number of rotatable bonds is 4. The average molecular weight is 328 g/mol. The van der Waals surface area contributed by atoms with Crippen LogP contribution in [0.4, 0.5) is 0 Å². The first-order valence-corrected chi connectivity index (χ1v) is 7.98. The van der Waals surface area contributed by atoms with Gasteiger partial charge in [-0.3, -0.25) is 4.79 Å². The Morgan fingerprint density at radius 1 is 1.30 bits per heavy atom. The molecule has 0 bridgehead atoms. The molecule has 0 aliphatic heterocycles. The van der Waals surface area contributed by atoms with Crippen molar-refractivity contribution >= 4 is 22.7 Å². The van der Waals surface area contributed by atoms with E-state index in [0.717, 1.165) is 10.5 Å². The normalized spacial score (nSPS) is 17.4. The van der Waals surface area contributed by atoms with Crippen molar-refractivity contribution in [3.05, 3.63) is 69.6 Å². The van der Waals surface area contributed by atoms with E-state index in [9.17, 15) is 15.0 Å². The van der Waals surface area contributed by atoms with Gasteiger partial charge in [-0.05, 0) is 42.3 Å². The molecule has 1 aliphatic rings. The number of carbonyl (C=O) groups excluding carboxylic acids is 1. The second kappa shape index (κ2) is 6.40. The van der Waals surface area contributed by atoms with Crippen LogP contribution >= 0.6 is 11.3 Å². The third kappa shape index (κ3) is 3.21. The molecule has 2 aromatic rings. The summed E-state index contributed by atoms with van der Waals surface area (Å²) >= 11 is 1.38. The topological polar surface area (TPSA) is 66.8 Å². The lowest BCUT2D eigenvalue weighted by atomic mass is 10.0. The average Bonchev–Trinajstić information content (AvgIpc) is 3.04. The smallest absolute Gasteiger partial charge is 0.203 e. The summed E-state index contributed by atoms with van der Waals surface area (Å²) < 4.78 is 5.17. The van der Waals surface area contributed by atoms with Gasteiger partial charge in [0.25, 0.3) is 0 Å². The van der Waals surface area contributed by atoms with Crippen molar-refractivity contribution in [2.75, 3.05) is 7.11 Å². The van der Waals surface area contributed by atoms with Gasteiger partial charge in [-0.1, -0.05) is 18.2 Å². The summed E-state index contributed by atoms with van der Waals surface area (Å²) in [5, 5.41) is 19.3. The molecule has 0 spiro atoms. The highest BCUT2D eigenvalue weighted by molar-refractivity contribution is 7.15. The fourth-order valence-corrected chi connectivity index (χ4v) is 3.41. The van der Waals surface area contributed by atoms with Gasteiger partial charge in [0.2, 0.25) is 5.78 Å². The molecule has 3 rings (SSSR count). The first kappa shape index (κ1) is 15.5. The summed E-state index contributed by atoms with van der Waals surface area (Å²) in [6.45, 7) is 0. The Morgan fingerprint density at radius 3 is 2.87 bits per heavy atom. The second-order valence-electron chi connectivity index (χ2n) is 5.21. The number of hydrogen-bond acceptors (Lipinski definition) is 5. The monoisotopic (exact) mass is 328 g/mol. The fourth-order valence-electron chi connectivity index (χ4n) is 2.43. The number of methoxy groups -OCH3 is 1. The number of phenolic OH excluding ortho intramolecular Hbond substituents is 1. The quantitative estimate of drug-likeness (QED) is 0.845. The summed E-state index contributed by atoms with van der Waals surface area (Å²) in [6.07, 6.45) is 3.60. The zero-order valence-electron chi connectivity index (χ0n) is 12.5. The second-order valence-corrected chi connectivity index (χ2v) is 6.29. The summed E-state index contributed by atoms with van der Waals surface area (Å²) in [7, 11) is 1.53. The molecule has 0 saturated heterocycles. The number of ether oxygens (including phenoxy) is 1. The zero-order chi connectivity index (χ0) is 16.4. The lowest BCUT2D eigenvalue weighted by molar-refractivity contribution is 0.104. The maximum absolute atomic E-state index is 12.5. The summed E-state index contributed by atoms with van der Waals surface area (Å²) in [5.41, 5.74) is 1.40. The first-order valence-electron chi connectivity index (χ1n) is 7.16. The molecule has 1 aromatic heterocycles. The Labute approximate surface area is 138 Å². The van der Waals surface area contributed by atoms with Crippen molar-refractivity contribution in [1.29, 1.82) is 0 Å². The molecule has 5 heteroatoms. The molecule has 4 nitrogen and oxygen atoms in total. The van der Waals surface area contributed by atoms with Gasteiger partial charge < -0.3 is 14.9 Å².